The van der Waals surface area contributed by atoms with Crippen molar-refractivity contribution in [2.24, 2.45) is 0 Å². The molecule has 0 aromatic rings. The highest BCUT2D eigenvalue weighted by atomic mass is 16.6. The van der Waals surface area contributed by atoms with Crippen LogP contribution in [0.25, 0.3) is 0 Å². The smallest absolute Gasteiger partial charge is 0.408 e. The average molecular weight is 429 g/mol. The topological polar surface area (TPSA) is 105 Å². The van der Waals surface area contributed by atoms with Crippen molar-refractivity contribution in [2.45, 2.75) is 123 Å². The molecule has 0 aliphatic rings. The van der Waals surface area contributed by atoms with Crippen molar-refractivity contribution >= 4 is 18.0 Å². The third kappa shape index (κ3) is 18.3. The number of carbonyl (C=O) groups is 3. The largest absolute Gasteiger partial charge is 0.480 e. The normalized spacial score (nSPS) is 12.3. The average Bonchev–Trinajstić information content (AvgIpc) is 2.63. The van der Waals surface area contributed by atoms with Gasteiger partial charge in [0.25, 0.3) is 0 Å². The summed E-state index contributed by atoms with van der Waals surface area (Å²) in [6, 6.07) is -0.988. The van der Waals surface area contributed by atoms with Crippen molar-refractivity contribution in [3.8, 4) is 0 Å². The van der Waals surface area contributed by atoms with E-state index in [9.17, 15) is 19.5 Å². The summed E-state index contributed by atoms with van der Waals surface area (Å²) in [6.07, 6.45) is 12.4. The summed E-state index contributed by atoms with van der Waals surface area (Å²) < 4.78 is 5.09. The molecule has 0 radical (unpaired) electrons. The van der Waals surface area contributed by atoms with Gasteiger partial charge in [-0.1, -0.05) is 58.3 Å². The highest BCUT2D eigenvalue weighted by Gasteiger charge is 2.23. The summed E-state index contributed by atoms with van der Waals surface area (Å²) >= 11 is 0. The molecule has 7 nitrogen and oxygen atoms in total. The lowest BCUT2D eigenvalue weighted by atomic mass is 10.1. The van der Waals surface area contributed by atoms with Gasteiger partial charge in [0, 0.05) is 13.0 Å². The molecule has 30 heavy (non-hydrogen) atoms. The van der Waals surface area contributed by atoms with Gasteiger partial charge in [0.2, 0.25) is 5.91 Å². The van der Waals surface area contributed by atoms with Crippen LogP contribution in [0.1, 0.15) is 111 Å². The third-order valence-electron chi connectivity index (χ3n) is 4.74. The van der Waals surface area contributed by atoms with E-state index >= 15 is 0 Å². The number of rotatable bonds is 17. The summed E-state index contributed by atoms with van der Waals surface area (Å²) in [5.74, 6) is -1.03. The maximum atomic E-state index is 11.9. The van der Waals surface area contributed by atoms with E-state index in [1.165, 1.54) is 44.9 Å². The molecule has 0 heterocycles. The highest BCUT2D eigenvalue weighted by Crippen LogP contribution is 2.11. The van der Waals surface area contributed by atoms with Crippen molar-refractivity contribution in [1.29, 1.82) is 0 Å². The standard InChI is InChI=1S/C23H44N2O5/c1-5-6-7-8-9-10-11-12-13-17-20(26)24-18-15-14-16-19(21(27)28)25-22(29)30-23(2,3)4/h19H,5-18H2,1-4H3,(H,24,26)(H,25,29)(H,27,28)/t19-/m0/s1. The summed E-state index contributed by atoms with van der Waals surface area (Å²) in [5.41, 5.74) is -0.675. The fourth-order valence-electron chi connectivity index (χ4n) is 3.09. The van der Waals surface area contributed by atoms with E-state index in [0.29, 0.717) is 32.2 Å². The van der Waals surface area contributed by atoms with Gasteiger partial charge in [-0.25, -0.2) is 9.59 Å². The number of carboxylic acids is 1. The van der Waals surface area contributed by atoms with E-state index in [-0.39, 0.29) is 5.91 Å². The molecular weight excluding hydrogens is 384 g/mol. The molecule has 0 aromatic carbocycles. The van der Waals surface area contributed by atoms with Crippen LogP contribution in [0.2, 0.25) is 0 Å². The number of alkyl carbamates (subject to hydrolysis) is 1. The SMILES string of the molecule is CCCCCCCCCCCC(=O)NCCCC[C@H](NC(=O)OC(C)(C)C)C(=O)O. The molecule has 0 aliphatic carbocycles. The molecule has 0 spiro atoms. The van der Waals surface area contributed by atoms with Gasteiger partial charge in [-0.15, -0.1) is 0 Å². The van der Waals surface area contributed by atoms with E-state index in [0.717, 1.165) is 12.8 Å². The fourth-order valence-corrected chi connectivity index (χ4v) is 3.09. The molecule has 0 bridgehead atoms. The van der Waals surface area contributed by atoms with Gasteiger partial charge in [-0.2, -0.15) is 0 Å². The fraction of sp³-hybridized carbons (Fsp3) is 0.870. The Labute approximate surface area is 182 Å². The Balaban J connectivity index is 3.73. The number of carboxylic acid groups (broad SMARTS) is 1. The Morgan fingerprint density at radius 1 is 0.867 bits per heavy atom. The molecule has 0 saturated heterocycles. The van der Waals surface area contributed by atoms with Crippen LogP contribution in [-0.2, 0) is 14.3 Å². The molecule has 0 saturated carbocycles. The van der Waals surface area contributed by atoms with Crippen molar-refractivity contribution in [1.82, 2.24) is 10.6 Å². The van der Waals surface area contributed by atoms with E-state index in [1.807, 2.05) is 0 Å². The first-order valence-electron chi connectivity index (χ1n) is 11.6. The van der Waals surface area contributed by atoms with E-state index in [1.54, 1.807) is 20.8 Å². The minimum absolute atomic E-state index is 0.0552. The summed E-state index contributed by atoms with van der Waals surface area (Å²) in [4.78, 5) is 34.9. The van der Waals surface area contributed by atoms with Gasteiger partial charge in [0.05, 0.1) is 0 Å². The molecule has 0 aromatic heterocycles. The molecule has 0 fully saturated rings. The second-order valence-electron chi connectivity index (χ2n) is 8.96. The minimum atomic E-state index is -1.09. The van der Waals surface area contributed by atoms with E-state index < -0.39 is 23.7 Å². The lowest BCUT2D eigenvalue weighted by Crippen LogP contribution is -2.43. The van der Waals surface area contributed by atoms with Crippen LogP contribution in [-0.4, -0.2) is 41.3 Å². The number of hydrogen-bond acceptors (Lipinski definition) is 4. The van der Waals surface area contributed by atoms with Gasteiger partial charge >= 0.3 is 12.1 Å². The number of carbonyl (C=O) groups excluding carboxylic acids is 2. The quantitative estimate of drug-likeness (QED) is 0.277. The first-order valence-corrected chi connectivity index (χ1v) is 11.6. The van der Waals surface area contributed by atoms with Crippen molar-refractivity contribution in [3.63, 3.8) is 0 Å². The predicted molar refractivity (Wildman–Crippen MR) is 119 cm³/mol. The summed E-state index contributed by atoms with van der Waals surface area (Å²) in [5, 5.41) is 14.5. The molecule has 0 unspecified atom stereocenters. The Kier molecular flexibility index (Phi) is 15.9. The van der Waals surface area contributed by atoms with Crippen molar-refractivity contribution in [2.75, 3.05) is 6.54 Å². The number of hydrogen-bond donors (Lipinski definition) is 3. The van der Waals surface area contributed by atoms with Gasteiger partial charge in [0.15, 0.2) is 0 Å². The maximum Gasteiger partial charge on any atom is 0.408 e. The summed E-state index contributed by atoms with van der Waals surface area (Å²) in [6.45, 7) is 7.91. The van der Waals surface area contributed by atoms with Crippen molar-refractivity contribution in [3.05, 3.63) is 0 Å². The molecular formula is C23H44N2O5. The van der Waals surface area contributed by atoms with Crippen LogP contribution < -0.4 is 10.6 Å². The van der Waals surface area contributed by atoms with Crippen molar-refractivity contribution < 1.29 is 24.2 Å². The Hall–Kier alpha value is -1.79. The van der Waals surface area contributed by atoms with Crippen LogP contribution in [0.15, 0.2) is 0 Å². The number of aliphatic carboxylic acids is 1. The van der Waals surface area contributed by atoms with E-state index in [4.69, 9.17) is 4.74 Å². The molecule has 176 valence electrons. The third-order valence-corrected chi connectivity index (χ3v) is 4.74. The zero-order valence-corrected chi connectivity index (χ0v) is 19.6. The molecule has 3 N–H and O–H groups in total. The first-order chi connectivity index (χ1) is 14.2. The lowest BCUT2D eigenvalue weighted by Gasteiger charge is -2.22. The molecule has 0 rings (SSSR count). The van der Waals surface area contributed by atoms with Gasteiger partial charge in [-0.05, 0) is 46.5 Å². The zero-order valence-electron chi connectivity index (χ0n) is 19.6. The van der Waals surface area contributed by atoms with Crippen LogP contribution in [0, 0.1) is 0 Å². The second-order valence-corrected chi connectivity index (χ2v) is 8.96. The van der Waals surface area contributed by atoms with Crippen LogP contribution in [0.3, 0.4) is 0 Å². The Morgan fingerprint density at radius 2 is 1.43 bits per heavy atom. The summed E-state index contributed by atoms with van der Waals surface area (Å²) in [7, 11) is 0. The number of unbranched alkanes of at least 4 members (excludes halogenated alkanes) is 9. The van der Waals surface area contributed by atoms with Gasteiger partial charge in [-0.3, -0.25) is 4.79 Å². The predicted octanol–water partition coefficient (Wildman–Crippen LogP) is 5.17. The highest BCUT2D eigenvalue weighted by molar-refractivity contribution is 5.80. The zero-order chi connectivity index (χ0) is 22.8. The van der Waals surface area contributed by atoms with Gasteiger partial charge in [0.1, 0.15) is 11.6 Å². The monoisotopic (exact) mass is 428 g/mol. The number of amides is 2. The molecule has 0 aliphatic heterocycles. The minimum Gasteiger partial charge on any atom is -0.480 e. The Morgan fingerprint density at radius 3 is 1.97 bits per heavy atom. The number of nitrogens with one attached hydrogen (secondary N) is 2. The van der Waals surface area contributed by atoms with E-state index in [2.05, 4.69) is 17.6 Å². The van der Waals surface area contributed by atoms with Gasteiger partial charge < -0.3 is 20.5 Å². The molecule has 2 amide bonds. The Bertz CT molecular complexity index is 488. The van der Waals surface area contributed by atoms with Crippen LogP contribution in [0.4, 0.5) is 4.79 Å². The second kappa shape index (κ2) is 16.9. The van der Waals surface area contributed by atoms with Crippen LogP contribution in [0.5, 0.6) is 0 Å². The maximum absolute atomic E-state index is 11.9. The van der Waals surface area contributed by atoms with Crippen LogP contribution >= 0.6 is 0 Å². The molecule has 7 heteroatoms. The lowest BCUT2D eigenvalue weighted by molar-refractivity contribution is -0.139. The first kappa shape index (κ1) is 28.2. The molecule has 1 atom stereocenters. The number of ether oxygens (including phenoxy) is 1.